The lowest BCUT2D eigenvalue weighted by Crippen LogP contribution is -2.44. The molecule has 0 radical (unpaired) electrons. The Morgan fingerprint density at radius 2 is 2.15 bits per heavy atom. The van der Waals surface area contributed by atoms with E-state index in [0.717, 1.165) is 24.4 Å². The number of ketones is 1. The Bertz CT molecular complexity index is 766. The minimum atomic E-state index is -0.453. The van der Waals surface area contributed by atoms with Crippen LogP contribution in [0.3, 0.4) is 0 Å². The van der Waals surface area contributed by atoms with Crippen LogP contribution in [0.15, 0.2) is 28.0 Å². The van der Waals surface area contributed by atoms with Crippen molar-refractivity contribution in [3.8, 4) is 0 Å². The summed E-state index contributed by atoms with van der Waals surface area (Å²) in [4.78, 5) is 23.9. The molecule has 7 nitrogen and oxygen atoms in total. The summed E-state index contributed by atoms with van der Waals surface area (Å²) in [7, 11) is 0. The number of aromatic nitrogens is 3. The molecule has 0 saturated heterocycles. The van der Waals surface area contributed by atoms with Crippen LogP contribution >= 0.6 is 11.8 Å². The minimum Gasteiger partial charge on any atom is -0.467 e. The number of nitrogens with one attached hydrogen (secondary N) is 1. The van der Waals surface area contributed by atoms with Gasteiger partial charge in [-0.1, -0.05) is 25.6 Å². The zero-order chi connectivity index (χ0) is 18.7. The second kappa shape index (κ2) is 8.07. The van der Waals surface area contributed by atoms with E-state index in [0.29, 0.717) is 17.6 Å². The van der Waals surface area contributed by atoms with Gasteiger partial charge in [-0.3, -0.25) is 14.2 Å². The lowest BCUT2D eigenvalue weighted by Gasteiger charge is -2.19. The van der Waals surface area contributed by atoms with Crippen molar-refractivity contribution >= 4 is 23.5 Å². The third kappa shape index (κ3) is 4.55. The molecule has 1 fully saturated rings. The van der Waals surface area contributed by atoms with Crippen LogP contribution < -0.4 is 5.32 Å². The highest BCUT2D eigenvalue weighted by Crippen LogP contribution is 2.40. The van der Waals surface area contributed by atoms with Crippen molar-refractivity contribution < 1.29 is 14.0 Å². The summed E-state index contributed by atoms with van der Waals surface area (Å²) in [6, 6.07) is 3.31. The molecule has 26 heavy (non-hydrogen) atoms. The van der Waals surface area contributed by atoms with Crippen molar-refractivity contribution in [1.29, 1.82) is 0 Å². The first kappa shape index (κ1) is 18.7. The van der Waals surface area contributed by atoms with Gasteiger partial charge in [0.1, 0.15) is 11.6 Å². The number of carbonyl (C=O) groups excluding carboxylic acids is 2. The van der Waals surface area contributed by atoms with Gasteiger partial charge in [0.05, 0.1) is 24.6 Å². The molecule has 1 unspecified atom stereocenters. The monoisotopic (exact) mass is 376 g/mol. The fraction of sp³-hybridized carbons (Fsp3) is 0.556. The number of thioether (sulfide) groups is 1. The fourth-order valence-electron chi connectivity index (χ4n) is 2.84. The molecule has 0 aliphatic heterocycles. The number of amides is 1. The molecule has 0 spiro atoms. The number of rotatable bonds is 9. The number of carbonyl (C=O) groups is 2. The predicted molar refractivity (Wildman–Crippen MR) is 98.0 cm³/mol. The molecule has 1 aliphatic carbocycles. The van der Waals surface area contributed by atoms with Gasteiger partial charge in [-0.05, 0) is 37.8 Å². The summed E-state index contributed by atoms with van der Waals surface area (Å²) >= 11 is 1.33. The van der Waals surface area contributed by atoms with Crippen LogP contribution in [0.1, 0.15) is 51.1 Å². The number of Topliss-reactive ketones (excluding diaryl/α,β-unsaturated/α-hetero) is 1. The van der Waals surface area contributed by atoms with Gasteiger partial charge in [0.25, 0.3) is 0 Å². The zero-order valence-electron chi connectivity index (χ0n) is 15.3. The van der Waals surface area contributed by atoms with Crippen molar-refractivity contribution in [3.05, 3.63) is 30.0 Å². The normalized spacial score (nSPS) is 15.2. The summed E-state index contributed by atoms with van der Waals surface area (Å²) in [5.74, 6) is 2.27. The van der Waals surface area contributed by atoms with Crippen LogP contribution in [0.4, 0.5) is 0 Å². The van der Waals surface area contributed by atoms with E-state index in [-0.39, 0.29) is 23.4 Å². The van der Waals surface area contributed by atoms with Crippen molar-refractivity contribution in [3.63, 3.8) is 0 Å². The third-order valence-electron chi connectivity index (χ3n) is 4.34. The molecule has 2 aromatic heterocycles. The van der Waals surface area contributed by atoms with Gasteiger partial charge in [0, 0.05) is 5.92 Å². The second-order valence-corrected chi connectivity index (χ2v) is 7.91. The average molecular weight is 376 g/mol. The fourth-order valence-corrected chi connectivity index (χ4v) is 3.60. The quantitative estimate of drug-likeness (QED) is 0.677. The summed E-state index contributed by atoms with van der Waals surface area (Å²) in [5, 5.41) is 12.1. The summed E-state index contributed by atoms with van der Waals surface area (Å²) in [6.45, 7) is 5.89. The van der Waals surface area contributed by atoms with Gasteiger partial charge in [0.2, 0.25) is 5.91 Å². The van der Waals surface area contributed by atoms with Crippen LogP contribution in [-0.2, 0) is 16.1 Å². The lowest BCUT2D eigenvalue weighted by molar-refractivity contribution is -0.126. The van der Waals surface area contributed by atoms with Gasteiger partial charge < -0.3 is 9.73 Å². The SMILES string of the molecule is CC(=O)C(NC(=O)CSc1nnc(C2CC2)n1Cc1ccco1)C(C)C. The van der Waals surface area contributed by atoms with Gasteiger partial charge in [-0.25, -0.2) is 0 Å². The molecule has 1 atom stereocenters. The molecule has 0 bridgehead atoms. The van der Waals surface area contributed by atoms with Crippen molar-refractivity contribution in [2.45, 2.75) is 57.3 Å². The predicted octanol–water partition coefficient (Wildman–Crippen LogP) is 2.62. The van der Waals surface area contributed by atoms with E-state index in [2.05, 4.69) is 15.5 Å². The number of furan rings is 1. The van der Waals surface area contributed by atoms with Crippen LogP contribution in [0.5, 0.6) is 0 Å². The Kier molecular flexibility index (Phi) is 5.80. The van der Waals surface area contributed by atoms with E-state index >= 15 is 0 Å². The highest BCUT2D eigenvalue weighted by Gasteiger charge is 2.31. The molecule has 140 valence electrons. The van der Waals surface area contributed by atoms with Gasteiger partial charge >= 0.3 is 0 Å². The highest BCUT2D eigenvalue weighted by molar-refractivity contribution is 7.99. The molecule has 8 heteroatoms. The maximum atomic E-state index is 12.3. The Morgan fingerprint density at radius 3 is 2.73 bits per heavy atom. The smallest absolute Gasteiger partial charge is 0.231 e. The summed E-state index contributed by atoms with van der Waals surface area (Å²) in [6.07, 6.45) is 3.89. The van der Waals surface area contributed by atoms with Crippen molar-refractivity contribution in [2.75, 3.05) is 5.75 Å². The highest BCUT2D eigenvalue weighted by atomic mass is 32.2. The maximum Gasteiger partial charge on any atom is 0.231 e. The first-order valence-electron chi connectivity index (χ1n) is 8.83. The maximum absolute atomic E-state index is 12.3. The Hall–Kier alpha value is -2.09. The number of nitrogens with zero attached hydrogens (tertiary/aromatic N) is 3. The van der Waals surface area contributed by atoms with E-state index in [1.54, 1.807) is 6.26 Å². The van der Waals surface area contributed by atoms with E-state index < -0.39 is 6.04 Å². The van der Waals surface area contributed by atoms with E-state index in [4.69, 9.17) is 4.42 Å². The molecule has 0 aromatic carbocycles. The topological polar surface area (TPSA) is 90.0 Å². The first-order valence-corrected chi connectivity index (χ1v) is 9.82. The third-order valence-corrected chi connectivity index (χ3v) is 5.30. The van der Waals surface area contributed by atoms with Crippen LogP contribution in [-0.4, -0.2) is 38.2 Å². The Balaban J connectivity index is 1.66. The van der Waals surface area contributed by atoms with Gasteiger partial charge in [-0.2, -0.15) is 0 Å². The molecule has 1 N–H and O–H groups in total. The molecular weight excluding hydrogens is 352 g/mol. The first-order chi connectivity index (χ1) is 12.5. The number of hydrogen-bond donors (Lipinski definition) is 1. The minimum absolute atomic E-state index is 0.0321. The lowest BCUT2D eigenvalue weighted by atomic mass is 10.0. The van der Waals surface area contributed by atoms with Crippen molar-refractivity contribution in [1.82, 2.24) is 20.1 Å². The number of hydrogen-bond acceptors (Lipinski definition) is 6. The molecule has 2 heterocycles. The molecular formula is C18H24N4O3S. The summed E-state index contributed by atoms with van der Waals surface area (Å²) < 4.78 is 7.47. The van der Waals surface area contributed by atoms with E-state index in [9.17, 15) is 9.59 Å². The van der Waals surface area contributed by atoms with E-state index in [1.165, 1.54) is 18.7 Å². The van der Waals surface area contributed by atoms with Crippen molar-refractivity contribution in [2.24, 2.45) is 5.92 Å². The van der Waals surface area contributed by atoms with Gasteiger partial charge in [0.15, 0.2) is 10.9 Å². The van der Waals surface area contributed by atoms with Crippen LogP contribution in [0, 0.1) is 5.92 Å². The Labute approximate surface area is 156 Å². The molecule has 1 saturated carbocycles. The van der Waals surface area contributed by atoms with Gasteiger partial charge in [-0.15, -0.1) is 10.2 Å². The zero-order valence-corrected chi connectivity index (χ0v) is 16.1. The standard InChI is InChI=1S/C18H24N4O3S/c1-11(2)16(12(3)23)19-15(24)10-26-18-21-20-17(13-6-7-13)22(18)9-14-5-4-8-25-14/h4-5,8,11,13,16H,6-7,9-10H2,1-3H3,(H,19,24). The molecule has 1 amide bonds. The second-order valence-electron chi connectivity index (χ2n) is 6.97. The molecule has 3 rings (SSSR count). The van der Waals surface area contributed by atoms with Crippen LogP contribution in [0.2, 0.25) is 0 Å². The molecule has 2 aromatic rings. The van der Waals surface area contributed by atoms with Crippen LogP contribution in [0.25, 0.3) is 0 Å². The largest absolute Gasteiger partial charge is 0.467 e. The summed E-state index contributed by atoms with van der Waals surface area (Å²) in [5.41, 5.74) is 0. The van der Waals surface area contributed by atoms with E-state index in [1.807, 2.05) is 30.5 Å². The average Bonchev–Trinajstić information content (AvgIpc) is 3.15. The Morgan fingerprint density at radius 1 is 1.38 bits per heavy atom. The molecule has 1 aliphatic rings.